The largest absolute Gasteiger partial charge is 0.381 e. The summed E-state index contributed by atoms with van der Waals surface area (Å²) in [6, 6.07) is 9.09. The number of hydrogen-bond donors (Lipinski definition) is 1. The lowest BCUT2D eigenvalue weighted by Crippen LogP contribution is -2.41. The molecule has 24 heavy (non-hydrogen) atoms. The number of benzene rings is 1. The Morgan fingerprint density at radius 2 is 1.96 bits per heavy atom. The highest BCUT2D eigenvalue weighted by atomic mass is 16.5. The summed E-state index contributed by atoms with van der Waals surface area (Å²) in [5.74, 6) is 0.776. The Bertz CT molecular complexity index is 532. The van der Waals surface area contributed by atoms with E-state index in [2.05, 4.69) is 41.4 Å². The SMILES string of the molecule is Cc1cccc(CN2CCC(CC(=O)NC3CCOCC3)CC2)c1. The van der Waals surface area contributed by atoms with Gasteiger partial charge in [0, 0.05) is 32.2 Å². The van der Waals surface area contributed by atoms with Gasteiger partial charge in [0.05, 0.1) is 0 Å². The van der Waals surface area contributed by atoms with Crippen LogP contribution in [0.1, 0.15) is 43.2 Å². The van der Waals surface area contributed by atoms with Gasteiger partial charge in [0.25, 0.3) is 0 Å². The Kier molecular flexibility index (Phi) is 6.27. The van der Waals surface area contributed by atoms with Gasteiger partial charge < -0.3 is 10.1 Å². The van der Waals surface area contributed by atoms with Gasteiger partial charge in [-0.15, -0.1) is 0 Å². The number of rotatable bonds is 5. The van der Waals surface area contributed by atoms with E-state index < -0.39 is 0 Å². The fourth-order valence-corrected chi connectivity index (χ4v) is 3.81. The zero-order valence-electron chi connectivity index (χ0n) is 14.8. The van der Waals surface area contributed by atoms with E-state index in [-0.39, 0.29) is 5.91 Å². The number of likely N-dealkylation sites (tertiary alicyclic amines) is 1. The minimum Gasteiger partial charge on any atom is -0.381 e. The summed E-state index contributed by atoms with van der Waals surface area (Å²) in [7, 11) is 0. The van der Waals surface area contributed by atoms with Crippen molar-refractivity contribution in [2.24, 2.45) is 5.92 Å². The van der Waals surface area contributed by atoms with Crippen LogP contribution in [0.2, 0.25) is 0 Å². The Morgan fingerprint density at radius 3 is 2.67 bits per heavy atom. The van der Waals surface area contributed by atoms with Crippen LogP contribution in [0.5, 0.6) is 0 Å². The van der Waals surface area contributed by atoms with Crippen molar-refractivity contribution in [2.45, 2.75) is 51.6 Å². The van der Waals surface area contributed by atoms with E-state index in [1.807, 2.05) is 0 Å². The molecule has 0 spiro atoms. The number of amides is 1. The average molecular weight is 330 g/mol. The quantitative estimate of drug-likeness (QED) is 0.902. The first kappa shape index (κ1) is 17.4. The van der Waals surface area contributed by atoms with Crippen LogP contribution in [-0.2, 0) is 16.1 Å². The molecule has 0 aliphatic carbocycles. The molecule has 1 aromatic carbocycles. The topological polar surface area (TPSA) is 41.6 Å². The molecule has 2 aliphatic heterocycles. The predicted octanol–water partition coefficient (Wildman–Crippen LogP) is 2.89. The highest BCUT2D eigenvalue weighted by molar-refractivity contribution is 5.76. The Balaban J connectivity index is 1.37. The van der Waals surface area contributed by atoms with Gasteiger partial charge in [-0.05, 0) is 57.2 Å². The maximum Gasteiger partial charge on any atom is 0.220 e. The van der Waals surface area contributed by atoms with Crippen molar-refractivity contribution >= 4 is 5.91 Å². The van der Waals surface area contributed by atoms with Crippen molar-refractivity contribution in [1.29, 1.82) is 0 Å². The van der Waals surface area contributed by atoms with Crippen molar-refractivity contribution in [3.63, 3.8) is 0 Å². The maximum atomic E-state index is 12.2. The first-order valence-electron chi connectivity index (χ1n) is 9.34. The average Bonchev–Trinajstić information content (AvgIpc) is 2.57. The van der Waals surface area contributed by atoms with Crippen molar-refractivity contribution < 1.29 is 9.53 Å². The molecule has 4 nitrogen and oxygen atoms in total. The summed E-state index contributed by atoms with van der Waals surface area (Å²) in [5, 5.41) is 3.19. The number of aryl methyl sites for hydroxylation is 1. The number of carbonyl (C=O) groups excluding carboxylic acids is 1. The summed E-state index contributed by atoms with van der Waals surface area (Å²) < 4.78 is 5.34. The van der Waals surface area contributed by atoms with Gasteiger partial charge in [-0.2, -0.15) is 0 Å². The Morgan fingerprint density at radius 1 is 1.21 bits per heavy atom. The molecule has 0 atom stereocenters. The van der Waals surface area contributed by atoms with Gasteiger partial charge in [-0.1, -0.05) is 29.8 Å². The van der Waals surface area contributed by atoms with E-state index in [1.165, 1.54) is 11.1 Å². The second-order valence-electron chi connectivity index (χ2n) is 7.37. The van der Waals surface area contributed by atoms with E-state index in [1.54, 1.807) is 0 Å². The molecule has 2 heterocycles. The van der Waals surface area contributed by atoms with Gasteiger partial charge in [-0.25, -0.2) is 0 Å². The first-order valence-corrected chi connectivity index (χ1v) is 9.34. The van der Waals surface area contributed by atoms with Crippen LogP contribution in [0.4, 0.5) is 0 Å². The van der Waals surface area contributed by atoms with E-state index in [0.717, 1.165) is 58.5 Å². The summed E-state index contributed by atoms with van der Waals surface area (Å²) in [4.78, 5) is 14.7. The van der Waals surface area contributed by atoms with Crippen molar-refractivity contribution in [3.05, 3.63) is 35.4 Å². The molecule has 0 unspecified atom stereocenters. The van der Waals surface area contributed by atoms with E-state index in [4.69, 9.17) is 4.74 Å². The lowest BCUT2D eigenvalue weighted by molar-refractivity contribution is -0.123. The van der Waals surface area contributed by atoms with Gasteiger partial charge in [0.1, 0.15) is 0 Å². The van der Waals surface area contributed by atoms with Crippen molar-refractivity contribution in [1.82, 2.24) is 10.2 Å². The summed E-state index contributed by atoms with van der Waals surface area (Å²) in [6.45, 7) is 6.94. The highest BCUT2D eigenvalue weighted by Gasteiger charge is 2.23. The number of ether oxygens (including phenoxy) is 1. The predicted molar refractivity (Wildman–Crippen MR) is 95.8 cm³/mol. The molecule has 0 radical (unpaired) electrons. The molecule has 3 rings (SSSR count). The third kappa shape index (κ3) is 5.32. The molecule has 0 aromatic heterocycles. The van der Waals surface area contributed by atoms with E-state index in [0.29, 0.717) is 18.4 Å². The second-order valence-corrected chi connectivity index (χ2v) is 7.37. The zero-order chi connectivity index (χ0) is 16.8. The van der Waals surface area contributed by atoms with Crippen LogP contribution in [0, 0.1) is 12.8 Å². The number of nitrogens with one attached hydrogen (secondary N) is 1. The van der Waals surface area contributed by atoms with Crippen LogP contribution in [0.15, 0.2) is 24.3 Å². The van der Waals surface area contributed by atoms with Crippen LogP contribution in [-0.4, -0.2) is 43.2 Å². The molecular formula is C20H30N2O2. The van der Waals surface area contributed by atoms with Gasteiger partial charge in [-0.3, -0.25) is 9.69 Å². The molecule has 1 aromatic rings. The molecule has 0 saturated carbocycles. The van der Waals surface area contributed by atoms with Crippen LogP contribution < -0.4 is 5.32 Å². The number of hydrogen-bond acceptors (Lipinski definition) is 3. The minimum absolute atomic E-state index is 0.235. The Labute approximate surface area is 145 Å². The molecule has 132 valence electrons. The van der Waals surface area contributed by atoms with E-state index in [9.17, 15) is 4.79 Å². The minimum atomic E-state index is 0.235. The first-order chi connectivity index (χ1) is 11.7. The lowest BCUT2D eigenvalue weighted by atomic mass is 9.92. The van der Waals surface area contributed by atoms with Gasteiger partial charge in [0.2, 0.25) is 5.91 Å². The zero-order valence-corrected chi connectivity index (χ0v) is 14.8. The van der Waals surface area contributed by atoms with Crippen LogP contribution >= 0.6 is 0 Å². The fraction of sp³-hybridized carbons (Fsp3) is 0.650. The number of nitrogens with zero attached hydrogens (tertiary/aromatic N) is 1. The van der Waals surface area contributed by atoms with Crippen LogP contribution in [0.3, 0.4) is 0 Å². The molecular weight excluding hydrogens is 300 g/mol. The third-order valence-corrected chi connectivity index (χ3v) is 5.26. The fourth-order valence-electron chi connectivity index (χ4n) is 3.81. The molecule has 4 heteroatoms. The summed E-state index contributed by atoms with van der Waals surface area (Å²) in [6.07, 6.45) is 4.87. The monoisotopic (exact) mass is 330 g/mol. The normalized spacial score (nSPS) is 20.9. The molecule has 0 bridgehead atoms. The number of piperidine rings is 1. The van der Waals surface area contributed by atoms with Crippen molar-refractivity contribution in [3.8, 4) is 0 Å². The smallest absolute Gasteiger partial charge is 0.220 e. The lowest BCUT2D eigenvalue weighted by Gasteiger charge is -2.32. The molecule has 1 N–H and O–H groups in total. The third-order valence-electron chi connectivity index (χ3n) is 5.26. The van der Waals surface area contributed by atoms with E-state index >= 15 is 0 Å². The van der Waals surface area contributed by atoms with Crippen molar-refractivity contribution in [2.75, 3.05) is 26.3 Å². The maximum absolute atomic E-state index is 12.2. The molecule has 2 aliphatic rings. The Hall–Kier alpha value is -1.39. The second kappa shape index (κ2) is 8.63. The standard InChI is InChI=1S/C20H30N2O2/c1-16-3-2-4-18(13-16)15-22-9-5-17(6-10-22)14-20(23)21-19-7-11-24-12-8-19/h2-4,13,17,19H,5-12,14-15H2,1H3,(H,21,23). The molecule has 2 saturated heterocycles. The summed E-state index contributed by atoms with van der Waals surface area (Å²) >= 11 is 0. The highest BCUT2D eigenvalue weighted by Crippen LogP contribution is 2.22. The summed E-state index contributed by atoms with van der Waals surface area (Å²) in [5.41, 5.74) is 2.72. The van der Waals surface area contributed by atoms with Crippen LogP contribution in [0.25, 0.3) is 0 Å². The molecule has 2 fully saturated rings. The van der Waals surface area contributed by atoms with Gasteiger partial charge >= 0.3 is 0 Å². The number of carbonyl (C=O) groups is 1. The van der Waals surface area contributed by atoms with Gasteiger partial charge in [0.15, 0.2) is 0 Å². The molecule has 1 amide bonds.